The molecule has 6 heteroatoms. The summed E-state index contributed by atoms with van der Waals surface area (Å²) in [7, 11) is 1.17. The van der Waals surface area contributed by atoms with E-state index in [9.17, 15) is 14.4 Å². The molecule has 1 atom stereocenters. The molecule has 0 aliphatic rings. The normalized spacial score (nSPS) is 11.4. The highest BCUT2D eigenvalue weighted by Crippen LogP contribution is 2.01. The van der Waals surface area contributed by atoms with Gasteiger partial charge in [-0.1, -0.05) is 6.58 Å². The van der Waals surface area contributed by atoms with E-state index in [4.69, 9.17) is 5.11 Å². The largest absolute Gasteiger partial charge is 0.481 e. The van der Waals surface area contributed by atoms with Crippen molar-refractivity contribution in [2.24, 2.45) is 0 Å². The van der Waals surface area contributed by atoms with Crippen molar-refractivity contribution in [2.75, 3.05) is 7.11 Å². The van der Waals surface area contributed by atoms with Gasteiger partial charge in [0.05, 0.1) is 7.11 Å². The van der Waals surface area contributed by atoms with Crippen molar-refractivity contribution in [3.63, 3.8) is 0 Å². The average Bonchev–Trinajstić information content (AvgIpc) is 2.22. The van der Waals surface area contributed by atoms with Gasteiger partial charge in [-0.2, -0.15) is 0 Å². The molecule has 0 fully saturated rings. The number of hydrogen-bond donors (Lipinski definition) is 2. The molecule has 0 bridgehead atoms. The Hall–Kier alpha value is -1.85. The number of carboxylic acids is 1. The van der Waals surface area contributed by atoms with E-state index in [2.05, 4.69) is 16.6 Å². The van der Waals surface area contributed by atoms with Crippen LogP contribution < -0.4 is 5.32 Å². The minimum absolute atomic E-state index is 0.0129. The van der Waals surface area contributed by atoms with Gasteiger partial charge in [0.1, 0.15) is 6.04 Å². The predicted octanol–water partition coefficient (Wildman–Crippen LogP) is 0.0851. The van der Waals surface area contributed by atoms with Crippen molar-refractivity contribution in [3.05, 3.63) is 12.2 Å². The standard InChI is InChI=1S/C10H15NO5/c1-6(2)9(14)11-7(10(15)16-3)4-5-8(12)13/h7H,1,4-5H2,2-3H3,(H,11,14)(H,12,13)/t7-/m0/s1. The Bertz CT molecular complexity index is 310. The highest BCUT2D eigenvalue weighted by atomic mass is 16.5. The van der Waals surface area contributed by atoms with E-state index in [-0.39, 0.29) is 18.4 Å². The van der Waals surface area contributed by atoms with Gasteiger partial charge < -0.3 is 15.2 Å². The van der Waals surface area contributed by atoms with Gasteiger partial charge >= 0.3 is 11.9 Å². The van der Waals surface area contributed by atoms with Gasteiger partial charge in [0.25, 0.3) is 0 Å². The summed E-state index contributed by atoms with van der Waals surface area (Å²) in [5.41, 5.74) is 0.240. The van der Waals surface area contributed by atoms with Crippen molar-refractivity contribution < 1.29 is 24.2 Å². The first-order valence-corrected chi connectivity index (χ1v) is 4.64. The highest BCUT2D eigenvalue weighted by Gasteiger charge is 2.22. The third kappa shape index (κ3) is 5.14. The maximum atomic E-state index is 11.3. The van der Waals surface area contributed by atoms with E-state index in [1.54, 1.807) is 0 Å². The second kappa shape index (κ2) is 6.60. The van der Waals surface area contributed by atoms with Crippen LogP contribution in [0.2, 0.25) is 0 Å². The van der Waals surface area contributed by atoms with Crippen LogP contribution in [0.15, 0.2) is 12.2 Å². The van der Waals surface area contributed by atoms with E-state index in [0.717, 1.165) is 0 Å². The topological polar surface area (TPSA) is 92.7 Å². The molecule has 0 unspecified atom stereocenters. The molecule has 2 N–H and O–H groups in total. The average molecular weight is 229 g/mol. The summed E-state index contributed by atoms with van der Waals surface area (Å²) in [6.07, 6.45) is -0.239. The van der Waals surface area contributed by atoms with Gasteiger partial charge in [-0.05, 0) is 13.3 Å². The molecule has 0 aromatic carbocycles. The lowest BCUT2D eigenvalue weighted by Crippen LogP contribution is -2.42. The lowest BCUT2D eigenvalue weighted by molar-refractivity contribution is -0.145. The molecule has 0 saturated carbocycles. The second-order valence-corrected chi connectivity index (χ2v) is 3.26. The summed E-state index contributed by atoms with van der Waals surface area (Å²) >= 11 is 0. The Morgan fingerprint density at radius 3 is 2.38 bits per heavy atom. The molecule has 0 aliphatic carbocycles. The molecule has 0 aliphatic heterocycles. The van der Waals surface area contributed by atoms with Crippen molar-refractivity contribution in [2.45, 2.75) is 25.8 Å². The molecule has 0 aromatic rings. The van der Waals surface area contributed by atoms with Gasteiger partial charge in [0, 0.05) is 12.0 Å². The number of nitrogens with one attached hydrogen (secondary N) is 1. The SMILES string of the molecule is C=C(C)C(=O)N[C@@H](CCC(=O)O)C(=O)OC. The smallest absolute Gasteiger partial charge is 0.328 e. The minimum Gasteiger partial charge on any atom is -0.481 e. The first-order chi connectivity index (χ1) is 7.38. The van der Waals surface area contributed by atoms with E-state index in [0.29, 0.717) is 0 Å². The summed E-state index contributed by atoms with van der Waals surface area (Å²) in [5.74, 6) is -2.21. The monoisotopic (exact) mass is 229 g/mol. The van der Waals surface area contributed by atoms with Gasteiger partial charge in [-0.25, -0.2) is 4.79 Å². The minimum atomic E-state index is -1.04. The lowest BCUT2D eigenvalue weighted by atomic mass is 10.1. The molecule has 0 radical (unpaired) electrons. The highest BCUT2D eigenvalue weighted by molar-refractivity contribution is 5.95. The third-order valence-corrected chi connectivity index (χ3v) is 1.83. The number of carboxylic acid groups (broad SMARTS) is 1. The number of carbonyl (C=O) groups is 3. The number of amides is 1. The number of rotatable bonds is 6. The molecule has 0 saturated heterocycles. The van der Waals surface area contributed by atoms with Crippen LogP contribution in [-0.2, 0) is 19.1 Å². The summed E-state index contributed by atoms with van der Waals surface area (Å²) < 4.78 is 4.45. The number of esters is 1. The Morgan fingerprint density at radius 1 is 1.44 bits per heavy atom. The fourth-order valence-corrected chi connectivity index (χ4v) is 0.940. The van der Waals surface area contributed by atoms with Gasteiger partial charge in [-0.3, -0.25) is 9.59 Å². The number of ether oxygens (including phenoxy) is 1. The van der Waals surface area contributed by atoms with E-state index in [1.165, 1.54) is 14.0 Å². The van der Waals surface area contributed by atoms with Crippen LogP contribution in [0.5, 0.6) is 0 Å². The van der Waals surface area contributed by atoms with Gasteiger partial charge in [0.2, 0.25) is 5.91 Å². The van der Waals surface area contributed by atoms with Crippen molar-refractivity contribution in [3.8, 4) is 0 Å². The van der Waals surface area contributed by atoms with Crippen LogP contribution in [0, 0.1) is 0 Å². The first kappa shape index (κ1) is 14.2. The van der Waals surface area contributed by atoms with Gasteiger partial charge in [-0.15, -0.1) is 0 Å². The maximum Gasteiger partial charge on any atom is 0.328 e. The number of aliphatic carboxylic acids is 1. The molecular formula is C10H15NO5. The van der Waals surface area contributed by atoms with Crippen LogP contribution in [-0.4, -0.2) is 36.1 Å². The molecule has 0 rings (SSSR count). The molecule has 1 amide bonds. The van der Waals surface area contributed by atoms with E-state index >= 15 is 0 Å². The fraction of sp³-hybridized carbons (Fsp3) is 0.500. The Balaban J connectivity index is 4.43. The molecule has 0 heterocycles. The van der Waals surface area contributed by atoms with Crippen molar-refractivity contribution in [1.82, 2.24) is 5.32 Å². The summed E-state index contributed by atoms with van der Waals surface area (Å²) in [6.45, 7) is 4.89. The van der Waals surface area contributed by atoms with Crippen LogP contribution >= 0.6 is 0 Å². The van der Waals surface area contributed by atoms with Crippen LogP contribution in [0.3, 0.4) is 0 Å². The molecule has 90 valence electrons. The van der Waals surface area contributed by atoms with E-state index in [1.807, 2.05) is 0 Å². The van der Waals surface area contributed by atoms with Crippen LogP contribution in [0.25, 0.3) is 0 Å². The lowest BCUT2D eigenvalue weighted by Gasteiger charge is -2.15. The number of hydrogen-bond acceptors (Lipinski definition) is 4. The Morgan fingerprint density at radius 2 is 2.00 bits per heavy atom. The molecule has 0 aromatic heterocycles. The summed E-state index contributed by atoms with van der Waals surface area (Å²) in [6, 6.07) is -0.953. The van der Waals surface area contributed by atoms with Crippen molar-refractivity contribution >= 4 is 17.8 Å². The van der Waals surface area contributed by atoms with Crippen LogP contribution in [0.1, 0.15) is 19.8 Å². The fourth-order valence-electron chi connectivity index (χ4n) is 0.940. The molecule has 0 spiro atoms. The molecule has 16 heavy (non-hydrogen) atoms. The third-order valence-electron chi connectivity index (χ3n) is 1.83. The Kier molecular flexibility index (Phi) is 5.84. The van der Waals surface area contributed by atoms with Crippen molar-refractivity contribution in [1.29, 1.82) is 0 Å². The number of methoxy groups -OCH3 is 1. The first-order valence-electron chi connectivity index (χ1n) is 4.64. The Labute approximate surface area is 93.3 Å². The quantitative estimate of drug-likeness (QED) is 0.497. The molecule has 6 nitrogen and oxygen atoms in total. The van der Waals surface area contributed by atoms with Gasteiger partial charge in [0.15, 0.2) is 0 Å². The second-order valence-electron chi connectivity index (χ2n) is 3.26. The summed E-state index contributed by atoms with van der Waals surface area (Å²) in [4.78, 5) is 32.8. The summed E-state index contributed by atoms with van der Waals surface area (Å²) in [5, 5.41) is 10.8. The maximum absolute atomic E-state index is 11.3. The zero-order chi connectivity index (χ0) is 12.7. The van der Waals surface area contributed by atoms with E-state index < -0.39 is 23.9 Å². The molecular weight excluding hydrogens is 214 g/mol. The van der Waals surface area contributed by atoms with Crippen LogP contribution in [0.4, 0.5) is 0 Å². The zero-order valence-corrected chi connectivity index (χ0v) is 9.28. The zero-order valence-electron chi connectivity index (χ0n) is 9.28. The number of carbonyl (C=O) groups excluding carboxylic acids is 2. The predicted molar refractivity (Wildman–Crippen MR) is 55.6 cm³/mol.